The van der Waals surface area contributed by atoms with Crippen molar-refractivity contribution in [1.82, 2.24) is 4.98 Å². The van der Waals surface area contributed by atoms with Crippen LogP contribution < -0.4 is 10.1 Å². The normalized spacial score (nSPS) is 13.5. The highest BCUT2D eigenvalue weighted by molar-refractivity contribution is 5.97. The molecule has 0 spiro atoms. The first-order valence-corrected chi connectivity index (χ1v) is 8.01. The zero-order valence-electron chi connectivity index (χ0n) is 14.4. The third kappa shape index (κ3) is 4.98. The van der Waals surface area contributed by atoms with Crippen molar-refractivity contribution in [2.45, 2.75) is 59.5 Å². The monoisotopic (exact) mass is 308 g/mol. The van der Waals surface area contributed by atoms with Crippen molar-refractivity contribution in [3.05, 3.63) is 17.8 Å². The summed E-state index contributed by atoms with van der Waals surface area (Å²) in [6, 6.07) is 1.86. The molecular formula is C17H28N2O3. The number of rotatable bonds is 9. The van der Waals surface area contributed by atoms with E-state index < -0.39 is 5.60 Å². The number of unbranched alkanes of at least 4 members (excludes halogenated alkanes) is 1. The Balaban J connectivity index is 2.82. The van der Waals surface area contributed by atoms with Gasteiger partial charge >= 0.3 is 0 Å². The van der Waals surface area contributed by atoms with Gasteiger partial charge in [-0.2, -0.15) is 0 Å². The fraction of sp³-hybridized carbons (Fsp3) is 0.647. The molecule has 0 saturated carbocycles. The molecule has 0 aliphatic heterocycles. The Morgan fingerprint density at radius 3 is 2.59 bits per heavy atom. The molecule has 0 bridgehead atoms. The molecule has 0 aliphatic carbocycles. The minimum atomic E-state index is -0.808. The SMILES string of the molecule is CCCCC(C)(OCC)C(=O)Nc1cnc(OCC)c(C)c1. The van der Waals surface area contributed by atoms with Crippen molar-refractivity contribution in [2.24, 2.45) is 0 Å². The number of amides is 1. The number of hydrogen-bond acceptors (Lipinski definition) is 4. The lowest BCUT2D eigenvalue weighted by Crippen LogP contribution is -2.42. The smallest absolute Gasteiger partial charge is 0.256 e. The van der Waals surface area contributed by atoms with E-state index in [-0.39, 0.29) is 5.91 Å². The highest BCUT2D eigenvalue weighted by Crippen LogP contribution is 2.23. The Morgan fingerprint density at radius 2 is 2.05 bits per heavy atom. The molecule has 0 aromatic carbocycles. The van der Waals surface area contributed by atoms with Crippen molar-refractivity contribution < 1.29 is 14.3 Å². The van der Waals surface area contributed by atoms with Crippen LogP contribution in [0, 0.1) is 6.92 Å². The molecular weight excluding hydrogens is 280 g/mol. The van der Waals surface area contributed by atoms with Gasteiger partial charge in [0.15, 0.2) is 0 Å². The molecule has 0 fully saturated rings. The summed E-state index contributed by atoms with van der Waals surface area (Å²) in [5.74, 6) is 0.465. The number of ether oxygens (including phenoxy) is 2. The third-order valence-corrected chi connectivity index (χ3v) is 3.52. The van der Waals surface area contributed by atoms with Crippen LogP contribution in [-0.2, 0) is 9.53 Å². The molecule has 0 radical (unpaired) electrons. The number of carbonyl (C=O) groups is 1. The van der Waals surface area contributed by atoms with E-state index in [0.717, 1.165) is 18.4 Å². The molecule has 5 heteroatoms. The quantitative estimate of drug-likeness (QED) is 0.755. The zero-order chi connectivity index (χ0) is 16.6. The molecule has 1 rings (SSSR count). The molecule has 1 heterocycles. The summed E-state index contributed by atoms with van der Waals surface area (Å²) >= 11 is 0. The largest absolute Gasteiger partial charge is 0.478 e. The van der Waals surface area contributed by atoms with Gasteiger partial charge < -0.3 is 14.8 Å². The van der Waals surface area contributed by atoms with Crippen molar-refractivity contribution in [3.63, 3.8) is 0 Å². The molecule has 1 aromatic heterocycles. The minimum Gasteiger partial charge on any atom is -0.478 e. The standard InChI is InChI=1S/C17H28N2O3/c1-6-9-10-17(5,22-8-3)16(20)19-14-11-13(4)15(18-12-14)21-7-2/h11-12H,6-10H2,1-5H3,(H,19,20). The number of nitrogens with zero attached hydrogens (tertiary/aromatic N) is 1. The summed E-state index contributed by atoms with van der Waals surface area (Å²) in [6.07, 6.45) is 4.29. The predicted molar refractivity (Wildman–Crippen MR) is 88.3 cm³/mol. The minimum absolute atomic E-state index is 0.131. The highest BCUT2D eigenvalue weighted by atomic mass is 16.5. The summed E-state index contributed by atoms with van der Waals surface area (Å²) < 4.78 is 11.1. The van der Waals surface area contributed by atoms with E-state index >= 15 is 0 Å². The van der Waals surface area contributed by atoms with Crippen molar-refractivity contribution in [2.75, 3.05) is 18.5 Å². The zero-order valence-corrected chi connectivity index (χ0v) is 14.4. The van der Waals surface area contributed by atoms with E-state index in [1.807, 2.05) is 33.8 Å². The topological polar surface area (TPSA) is 60.5 Å². The van der Waals surface area contributed by atoms with Gasteiger partial charge in [0.1, 0.15) is 5.60 Å². The molecule has 1 amide bonds. The van der Waals surface area contributed by atoms with Gasteiger partial charge in [-0.3, -0.25) is 4.79 Å². The van der Waals surface area contributed by atoms with Crippen LogP contribution in [0.15, 0.2) is 12.3 Å². The average Bonchev–Trinajstić information content (AvgIpc) is 2.48. The second-order valence-corrected chi connectivity index (χ2v) is 5.50. The van der Waals surface area contributed by atoms with Crippen LogP contribution in [0.2, 0.25) is 0 Å². The van der Waals surface area contributed by atoms with Gasteiger partial charge in [-0.15, -0.1) is 0 Å². The van der Waals surface area contributed by atoms with Gasteiger partial charge in [0.05, 0.1) is 18.5 Å². The maximum absolute atomic E-state index is 12.6. The van der Waals surface area contributed by atoms with Crippen LogP contribution in [0.3, 0.4) is 0 Å². The van der Waals surface area contributed by atoms with Crippen molar-refractivity contribution in [1.29, 1.82) is 0 Å². The number of anilines is 1. The summed E-state index contributed by atoms with van der Waals surface area (Å²) in [5.41, 5.74) is 0.747. The molecule has 124 valence electrons. The molecule has 5 nitrogen and oxygen atoms in total. The first-order valence-electron chi connectivity index (χ1n) is 8.01. The molecule has 1 atom stereocenters. The Hall–Kier alpha value is -1.62. The number of aryl methyl sites for hydroxylation is 1. The van der Waals surface area contributed by atoms with Gasteiger partial charge in [-0.25, -0.2) is 4.98 Å². The molecule has 1 unspecified atom stereocenters. The molecule has 1 aromatic rings. The van der Waals surface area contributed by atoms with Crippen LogP contribution >= 0.6 is 0 Å². The van der Waals surface area contributed by atoms with E-state index in [2.05, 4.69) is 17.2 Å². The lowest BCUT2D eigenvalue weighted by atomic mass is 9.97. The Labute approximate surface area is 133 Å². The Kier molecular flexibility index (Phi) is 7.32. The maximum Gasteiger partial charge on any atom is 0.256 e. The fourth-order valence-electron chi connectivity index (χ4n) is 2.27. The number of nitrogens with one attached hydrogen (secondary N) is 1. The van der Waals surface area contributed by atoms with Crippen LogP contribution in [-0.4, -0.2) is 29.7 Å². The Morgan fingerprint density at radius 1 is 1.32 bits per heavy atom. The summed E-state index contributed by atoms with van der Waals surface area (Å²) in [6.45, 7) is 10.7. The van der Waals surface area contributed by atoms with Gasteiger partial charge in [0, 0.05) is 12.2 Å². The van der Waals surface area contributed by atoms with Crippen LogP contribution in [0.25, 0.3) is 0 Å². The summed E-state index contributed by atoms with van der Waals surface area (Å²) in [5, 5.41) is 2.90. The van der Waals surface area contributed by atoms with Crippen LogP contribution in [0.4, 0.5) is 5.69 Å². The van der Waals surface area contributed by atoms with Crippen molar-refractivity contribution >= 4 is 11.6 Å². The molecule has 0 aliphatic rings. The van der Waals surface area contributed by atoms with E-state index in [1.165, 1.54) is 0 Å². The Bertz CT molecular complexity index is 491. The lowest BCUT2D eigenvalue weighted by molar-refractivity contribution is -0.139. The van der Waals surface area contributed by atoms with Crippen molar-refractivity contribution in [3.8, 4) is 5.88 Å². The summed E-state index contributed by atoms with van der Waals surface area (Å²) in [4.78, 5) is 16.8. The maximum atomic E-state index is 12.6. The molecule has 22 heavy (non-hydrogen) atoms. The number of pyridine rings is 1. The van der Waals surface area contributed by atoms with E-state index in [4.69, 9.17) is 9.47 Å². The fourth-order valence-corrected chi connectivity index (χ4v) is 2.27. The molecule has 0 saturated heterocycles. The van der Waals surface area contributed by atoms with E-state index in [0.29, 0.717) is 31.2 Å². The first-order chi connectivity index (χ1) is 10.5. The molecule has 1 N–H and O–H groups in total. The third-order valence-electron chi connectivity index (χ3n) is 3.52. The van der Waals surface area contributed by atoms with E-state index in [1.54, 1.807) is 6.20 Å². The second kappa shape index (κ2) is 8.73. The number of aromatic nitrogens is 1. The van der Waals surface area contributed by atoms with Gasteiger partial charge in [0.2, 0.25) is 5.88 Å². The first kappa shape index (κ1) is 18.4. The van der Waals surface area contributed by atoms with Crippen LogP contribution in [0.5, 0.6) is 5.88 Å². The predicted octanol–water partition coefficient (Wildman–Crippen LogP) is 3.71. The lowest BCUT2D eigenvalue weighted by Gasteiger charge is -2.28. The summed E-state index contributed by atoms with van der Waals surface area (Å²) in [7, 11) is 0. The van der Waals surface area contributed by atoms with Gasteiger partial charge in [0.25, 0.3) is 5.91 Å². The number of carbonyl (C=O) groups excluding carboxylic acids is 1. The number of hydrogen-bond donors (Lipinski definition) is 1. The van der Waals surface area contributed by atoms with E-state index in [9.17, 15) is 4.79 Å². The average molecular weight is 308 g/mol. The van der Waals surface area contributed by atoms with Crippen LogP contribution in [0.1, 0.15) is 52.5 Å². The highest BCUT2D eigenvalue weighted by Gasteiger charge is 2.33. The van der Waals surface area contributed by atoms with Gasteiger partial charge in [-0.05, 0) is 40.2 Å². The van der Waals surface area contributed by atoms with Gasteiger partial charge in [-0.1, -0.05) is 19.8 Å². The second-order valence-electron chi connectivity index (χ2n) is 5.50.